The fourth-order valence-electron chi connectivity index (χ4n) is 1.14. The fraction of sp³-hybridized carbons (Fsp3) is 0.636. The summed E-state index contributed by atoms with van der Waals surface area (Å²) in [4.78, 5) is 8.52. The van der Waals surface area contributed by atoms with E-state index in [2.05, 4.69) is 35.4 Å². The second-order valence-corrected chi connectivity index (χ2v) is 5.78. The number of hydrogen-bond donors (Lipinski definition) is 2. The largest absolute Gasteiger partial charge is 0.384 e. The predicted molar refractivity (Wildman–Crippen MR) is 71.9 cm³/mol. The van der Waals surface area contributed by atoms with E-state index in [0.29, 0.717) is 5.82 Å². The first-order valence-corrected chi connectivity index (χ1v) is 6.62. The molecule has 0 radical (unpaired) electrons. The van der Waals surface area contributed by atoms with E-state index in [9.17, 15) is 0 Å². The quantitative estimate of drug-likeness (QED) is 0.826. The summed E-state index contributed by atoms with van der Waals surface area (Å²) in [6.45, 7) is 7.25. The Bertz CT molecular complexity index is 352. The van der Waals surface area contributed by atoms with Gasteiger partial charge in [-0.1, -0.05) is 6.92 Å². The molecule has 0 saturated carbocycles. The Kier molecular flexibility index (Phi) is 4.41. The zero-order chi connectivity index (χ0) is 12.2. The number of anilines is 2. The van der Waals surface area contributed by atoms with Crippen molar-refractivity contribution in [2.75, 3.05) is 23.9 Å². The van der Waals surface area contributed by atoms with Gasteiger partial charge in [-0.2, -0.15) is 11.8 Å². The molecule has 0 atom stereocenters. The molecule has 0 fully saturated rings. The van der Waals surface area contributed by atoms with Crippen LogP contribution in [0.4, 0.5) is 11.6 Å². The van der Waals surface area contributed by atoms with Crippen LogP contribution < -0.4 is 11.1 Å². The van der Waals surface area contributed by atoms with Crippen molar-refractivity contribution in [2.45, 2.75) is 31.9 Å². The third-order valence-corrected chi connectivity index (χ3v) is 3.61. The summed E-state index contributed by atoms with van der Waals surface area (Å²) >= 11 is 1.82. The number of aryl methyl sites for hydroxylation is 1. The summed E-state index contributed by atoms with van der Waals surface area (Å²) in [5, 5.41) is 3.30. The van der Waals surface area contributed by atoms with Crippen LogP contribution in [0, 0.1) is 0 Å². The highest BCUT2D eigenvalue weighted by Crippen LogP contribution is 2.21. The zero-order valence-corrected chi connectivity index (χ0v) is 11.2. The predicted octanol–water partition coefficient (Wildman–Crippen LogP) is 2.17. The van der Waals surface area contributed by atoms with E-state index in [1.165, 1.54) is 0 Å². The van der Waals surface area contributed by atoms with Crippen LogP contribution >= 0.6 is 11.8 Å². The molecule has 1 heterocycles. The lowest BCUT2D eigenvalue weighted by atomic mass is 10.2. The van der Waals surface area contributed by atoms with E-state index in [4.69, 9.17) is 5.73 Å². The molecule has 0 aromatic carbocycles. The second kappa shape index (κ2) is 5.39. The molecular formula is C11H20N4S. The first-order chi connectivity index (χ1) is 7.46. The highest BCUT2D eigenvalue weighted by molar-refractivity contribution is 7.99. The van der Waals surface area contributed by atoms with Crippen LogP contribution in [0.2, 0.25) is 0 Å². The van der Waals surface area contributed by atoms with E-state index in [1.54, 1.807) is 6.07 Å². The van der Waals surface area contributed by atoms with Crippen LogP contribution in [0.5, 0.6) is 0 Å². The molecule has 1 aromatic heterocycles. The Hall–Kier alpha value is -0.970. The van der Waals surface area contributed by atoms with Gasteiger partial charge in [-0.25, -0.2) is 9.97 Å². The molecule has 0 aliphatic rings. The topological polar surface area (TPSA) is 63.8 Å². The molecule has 16 heavy (non-hydrogen) atoms. The minimum absolute atomic E-state index is 0.187. The Morgan fingerprint density at radius 3 is 2.69 bits per heavy atom. The molecule has 0 unspecified atom stereocenters. The number of nitrogens with two attached hydrogens (primary N) is 1. The summed E-state index contributed by atoms with van der Waals surface area (Å²) in [7, 11) is 0. The standard InChI is InChI=1S/C11H20N4S/c1-5-9-14-8(12)6-10(15-9)13-7-11(2,3)16-4/h6H,5,7H2,1-4H3,(H3,12,13,14,15). The lowest BCUT2D eigenvalue weighted by molar-refractivity contribution is 0.748. The van der Waals surface area contributed by atoms with Gasteiger partial charge in [0.15, 0.2) is 0 Å². The van der Waals surface area contributed by atoms with Crippen molar-refractivity contribution in [1.29, 1.82) is 0 Å². The zero-order valence-electron chi connectivity index (χ0n) is 10.4. The maximum atomic E-state index is 5.71. The summed E-state index contributed by atoms with van der Waals surface area (Å²) in [6.07, 6.45) is 2.90. The number of hydrogen-bond acceptors (Lipinski definition) is 5. The average molecular weight is 240 g/mol. The molecule has 0 spiro atoms. The van der Waals surface area contributed by atoms with Crippen LogP contribution in [0.25, 0.3) is 0 Å². The van der Waals surface area contributed by atoms with Gasteiger partial charge in [0.05, 0.1) is 0 Å². The van der Waals surface area contributed by atoms with Crippen molar-refractivity contribution in [3.63, 3.8) is 0 Å². The second-order valence-electron chi connectivity index (χ2n) is 4.27. The fourth-order valence-corrected chi connectivity index (χ4v) is 1.36. The molecule has 0 bridgehead atoms. The van der Waals surface area contributed by atoms with Crippen LogP contribution in [-0.2, 0) is 6.42 Å². The molecule has 0 amide bonds. The molecule has 5 heteroatoms. The normalized spacial score (nSPS) is 11.5. The first kappa shape index (κ1) is 13.1. The Labute approximate surface area is 101 Å². The highest BCUT2D eigenvalue weighted by atomic mass is 32.2. The van der Waals surface area contributed by atoms with E-state index in [-0.39, 0.29) is 4.75 Å². The van der Waals surface area contributed by atoms with Crippen LogP contribution in [0.15, 0.2) is 6.07 Å². The van der Waals surface area contributed by atoms with E-state index in [0.717, 1.165) is 24.6 Å². The number of nitrogen functional groups attached to an aromatic ring is 1. The number of aromatic nitrogens is 2. The van der Waals surface area contributed by atoms with Gasteiger partial charge < -0.3 is 11.1 Å². The van der Waals surface area contributed by atoms with Crippen LogP contribution in [0.1, 0.15) is 26.6 Å². The van der Waals surface area contributed by atoms with E-state index >= 15 is 0 Å². The van der Waals surface area contributed by atoms with Gasteiger partial charge >= 0.3 is 0 Å². The lowest BCUT2D eigenvalue weighted by Gasteiger charge is -2.22. The van der Waals surface area contributed by atoms with Gasteiger partial charge in [0, 0.05) is 23.8 Å². The Balaban J connectivity index is 2.70. The molecule has 90 valence electrons. The number of rotatable bonds is 5. The van der Waals surface area contributed by atoms with E-state index in [1.807, 2.05) is 18.7 Å². The molecule has 4 nitrogen and oxygen atoms in total. The van der Waals surface area contributed by atoms with Crippen molar-refractivity contribution in [3.05, 3.63) is 11.9 Å². The molecule has 3 N–H and O–H groups in total. The Morgan fingerprint density at radius 1 is 1.44 bits per heavy atom. The van der Waals surface area contributed by atoms with Gasteiger partial charge in [0.25, 0.3) is 0 Å². The number of nitrogens with zero attached hydrogens (tertiary/aromatic N) is 2. The molecule has 0 saturated heterocycles. The summed E-state index contributed by atoms with van der Waals surface area (Å²) in [5.41, 5.74) is 5.71. The smallest absolute Gasteiger partial charge is 0.132 e. The molecule has 0 aliphatic heterocycles. The summed E-state index contributed by atoms with van der Waals surface area (Å²) in [5.74, 6) is 2.12. The monoisotopic (exact) mass is 240 g/mol. The van der Waals surface area contributed by atoms with Crippen molar-refractivity contribution < 1.29 is 0 Å². The van der Waals surface area contributed by atoms with Gasteiger partial charge in [0.2, 0.25) is 0 Å². The van der Waals surface area contributed by atoms with Crippen molar-refractivity contribution >= 4 is 23.4 Å². The van der Waals surface area contributed by atoms with Crippen molar-refractivity contribution in [2.24, 2.45) is 0 Å². The van der Waals surface area contributed by atoms with Crippen LogP contribution in [-0.4, -0.2) is 27.5 Å². The van der Waals surface area contributed by atoms with Gasteiger partial charge in [-0.15, -0.1) is 0 Å². The minimum Gasteiger partial charge on any atom is -0.384 e. The maximum absolute atomic E-state index is 5.71. The van der Waals surface area contributed by atoms with Gasteiger partial charge in [0.1, 0.15) is 17.5 Å². The van der Waals surface area contributed by atoms with Gasteiger partial charge in [-0.05, 0) is 20.1 Å². The average Bonchev–Trinajstić information content (AvgIpc) is 2.26. The first-order valence-electron chi connectivity index (χ1n) is 5.39. The SMILES string of the molecule is CCc1nc(N)cc(NCC(C)(C)SC)n1. The maximum Gasteiger partial charge on any atom is 0.132 e. The number of thioether (sulfide) groups is 1. The Morgan fingerprint density at radius 2 is 2.12 bits per heavy atom. The van der Waals surface area contributed by atoms with Gasteiger partial charge in [-0.3, -0.25) is 0 Å². The van der Waals surface area contributed by atoms with Crippen LogP contribution in [0.3, 0.4) is 0 Å². The minimum atomic E-state index is 0.187. The third-order valence-electron chi connectivity index (χ3n) is 2.36. The molecular weight excluding hydrogens is 220 g/mol. The summed E-state index contributed by atoms with van der Waals surface area (Å²) < 4.78 is 0.187. The highest BCUT2D eigenvalue weighted by Gasteiger charge is 2.15. The van der Waals surface area contributed by atoms with E-state index < -0.39 is 0 Å². The van der Waals surface area contributed by atoms with Crippen molar-refractivity contribution in [3.8, 4) is 0 Å². The van der Waals surface area contributed by atoms with Crippen molar-refractivity contribution in [1.82, 2.24) is 9.97 Å². The number of nitrogens with one attached hydrogen (secondary N) is 1. The summed E-state index contributed by atoms with van der Waals surface area (Å²) in [6, 6.07) is 1.77. The lowest BCUT2D eigenvalue weighted by Crippen LogP contribution is -2.26. The molecule has 0 aliphatic carbocycles. The third kappa shape index (κ3) is 3.89. The molecule has 1 rings (SSSR count). The molecule has 1 aromatic rings.